The fourth-order valence-electron chi connectivity index (χ4n) is 3.81. The molecule has 0 aromatic rings. The SMILES string of the molecule is CC(C)[C@H]1CC[C@H](C)C[C@@H]1OC(=O)C1C=CN(C(=O)OC(C)(C)C)CC1. The highest BCUT2D eigenvalue weighted by atomic mass is 16.6. The molecule has 1 aliphatic carbocycles. The molecule has 0 aromatic heterocycles. The summed E-state index contributed by atoms with van der Waals surface area (Å²) in [4.78, 5) is 26.3. The van der Waals surface area contributed by atoms with Crippen molar-refractivity contribution < 1.29 is 19.1 Å². The molecule has 0 spiro atoms. The lowest BCUT2D eigenvalue weighted by atomic mass is 9.75. The van der Waals surface area contributed by atoms with Crippen LogP contribution in [0.25, 0.3) is 0 Å². The minimum absolute atomic E-state index is 0.0172. The maximum absolute atomic E-state index is 12.6. The van der Waals surface area contributed by atoms with Crippen LogP contribution in [0.1, 0.15) is 67.2 Å². The molecule has 0 bridgehead atoms. The first kappa shape index (κ1) is 20.8. The zero-order valence-corrected chi connectivity index (χ0v) is 17.2. The van der Waals surface area contributed by atoms with E-state index < -0.39 is 5.60 Å². The van der Waals surface area contributed by atoms with Gasteiger partial charge in [0.25, 0.3) is 0 Å². The standard InChI is InChI=1S/C21H35NO4/c1-14(2)17-8-7-15(3)13-18(17)25-19(23)16-9-11-22(12-10-16)20(24)26-21(4,5)6/h9,11,14-18H,7-8,10,12-13H2,1-6H3/t15-,16?,17+,18-/m0/s1. The monoisotopic (exact) mass is 365 g/mol. The van der Waals surface area contributed by atoms with Crippen molar-refractivity contribution in [1.82, 2.24) is 4.90 Å². The van der Waals surface area contributed by atoms with Gasteiger partial charge in [0.15, 0.2) is 0 Å². The number of hydrogen-bond acceptors (Lipinski definition) is 4. The molecule has 1 saturated carbocycles. The van der Waals surface area contributed by atoms with Gasteiger partial charge in [-0.05, 0) is 57.8 Å². The van der Waals surface area contributed by atoms with Gasteiger partial charge in [-0.15, -0.1) is 0 Å². The highest BCUT2D eigenvalue weighted by molar-refractivity contribution is 5.76. The van der Waals surface area contributed by atoms with Gasteiger partial charge in [-0.25, -0.2) is 4.79 Å². The molecule has 5 heteroatoms. The Morgan fingerprint density at radius 1 is 1.15 bits per heavy atom. The van der Waals surface area contributed by atoms with Crippen molar-refractivity contribution in [1.29, 1.82) is 0 Å². The molecule has 148 valence electrons. The minimum Gasteiger partial charge on any atom is -0.462 e. The molecule has 0 N–H and O–H groups in total. The number of carbonyl (C=O) groups excluding carboxylic acids is 2. The summed E-state index contributed by atoms with van der Waals surface area (Å²) in [7, 11) is 0. The zero-order chi connectivity index (χ0) is 19.5. The molecule has 1 aliphatic heterocycles. The Balaban J connectivity index is 1.92. The van der Waals surface area contributed by atoms with Gasteiger partial charge in [-0.2, -0.15) is 0 Å². The van der Waals surface area contributed by atoms with Crippen molar-refractivity contribution in [2.75, 3.05) is 6.54 Å². The van der Waals surface area contributed by atoms with Crippen LogP contribution >= 0.6 is 0 Å². The van der Waals surface area contributed by atoms with Crippen LogP contribution in [0.4, 0.5) is 4.79 Å². The van der Waals surface area contributed by atoms with Crippen LogP contribution in [0, 0.1) is 23.7 Å². The van der Waals surface area contributed by atoms with E-state index in [-0.39, 0.29) is 24.1 Å². The van der Waals surface area contributed by atoms with Crippen LogP contribution in [0.5, 0.6) is 0 Å². The molecule has 2 aliphatic rings. The Morgan fingerprint density at radius 3 is 2.38 bits per heavy atom. The van der Waals surface area contributed by atoms with E-state index in [2.05, 4.69) is 20.8 Å². The van der Waals surface area contributed by atoms with Gasteiger partial charge >= 0.3 is 12.1 Å². The fourth-order valence-corrected chi connectivity index (χ4v) is 3.81. The molecule has 1 fully saturated rings. The van der Waals surface area contributed by atoms with Crippen LogP contribution in [-0.2, 0) is 14.3 Å². The topological polar surface area (TPSA) is 55.8 Å². The first-order valence-corrected chi connectivity index (χ1v) is 9.95. The molecule has 1 unspecified atom stereocenters. The largest absolute Gasteiger partial charge is 0.462 e. The number of carbonyl (C=O) groups is 2. The van der Waals surface area contributed by atoms with Gasteiger partial charge in [0.05, 0.1) is 5.92 Å². The number of rotatable bonds is 3. The summed E-state index contributed by atoms with van der Waals surface area (Å²) in [5.74, 6) is 1.13. The van der Waals surface area contributed by atoms with Crippen LogP contribution < -0.4 is 0 Å². The molecule has 0 saturated heterocycles. The van der Waals surface area contributed by atoms with E-state index in [0.717, 1.165) is 12.8 Å². The van der Waals surface area contributed by atoms with E-state index in [0.29, 0.717) is 30.7 Å². The second kappa shape index (κ2) is 8.45. The lowest BCUT2D eigenvalue weighted by Gasteiger charge is -2.37. The average molecular weight is 366 g/mol. The van der Waals surface area contributed by atoms with Gasteiger partial charge in [0, 0.05) is 12.7 Å². The van der Waals surface area contributed by atoms with E-state index >= 15 is 0 Å². The van der Waals surface area contributed by atoms with Crippen molar-refractivity contribution in [3.05, 3.63) is 12.3 Å². The smallest absolute Gasteiger partial charge is 0.414 e. The van der Waals surface area contributed by atoms with Gasteiger partial charge < -0.3 is 9.47 Å². The predicted octanol–water partition coefficient (Wildman–Crippen LogP) is 4.76. The van der Waals surface area contributed by atoms with Gasteiger partial charge in [0.2, 0.25) is 0 Å². The Bertz CT molecular complexity index is 535. The third kappa shape index (κ3) is 5.75. The molecule has 0 radical (unpaired) electrons. The molecule has 0 aromatic carbocycles. The summed E-state index contributed by atoms with van der Waals surface area (Å²) in [5.41, 5.74) is -0.524. The third-order valence-corrected chi connectivity index (χ3v) is 5.34. The Kier molecular flexibility index (Phi) is 6.75. The number of nitrogens with zero attached hydrogens (tertiary/aromatic N) is 1. The maximum atomic E-state index is 12.6. The molecule has 5 nitrogen and oxygen atoms in total. The molecule has 26 heavy (non-hydrogen) atoms. The second-order valence-electron chi connectivity index (χ2n) is 9.21. The number of hydrogen-bond donors (Lipinski definition) is 0. The van der Waals surface area contributed by atoms with E-state index in [1.807, 2.05) is 20.8 Å². The van der Waals surface area contributed by atoms with Crippen LogP contribution in [0.3, 0.4) is 0 Å². The molecular formula is C21H35NO4. The summed E-state index contributed by atoms with van der Waals surface area (Å²) in [6.45, 7) is 12.6. The normalized spacial score (nSPS) is 29.6. The number of amides is 1. The number of esters is 1. The summed E-state index contributed by atoms with van der Waals surface area (Å²) in [6, 6.07) is 0. The first-order chi connectivity index (χ1) is 12.1. The molecule has 2 rings (SSSR count). The highest BCUT2D eigenvalue weighted by Gasteiger charge is 2.35. The van der Waals surface area contributed by atoms with Gasteiger partial charge in [-0.1, -0.05) is 33.3 Å². The molecule has 1 heterocycles. The van der Waals surface area contributed by atoms with E-state index in [9.17, 15) is 9.59 Å². The average Bonchev–Trinajstić information content (AvgIpc) is 2.53. The van der Waals surface area contributed by atoms with Gasteiger partial charge in [-0.3, -0.25) is 9.69 Å². The lowest BCUT2D eigenvalue weighted by molar-refractivity contribution is -0.159. The Hall–Kier alpha value is -1.52. The van der Waals surface area contributed by atoms with Crippen molar-refractivity contribution in [3.63, 3.8) is 0 Å². The predicted molar refractivity (Wildman–Crippen MR) is 101 cm³/mol. The summed E-state index contributed by atoms with van der Waals surface area (Å²) >= 11 is 0. The van der Waals surface area contributed by atoms with E-state index in [4.69, 9.17) is 9.47 Å². The summed E-state index contributed by atoms with van der Waals surface area (Å²) in [5, 5.41) is 0. The van der Waals surface area contributed by atoms with Crippen LogP contribution in [0.2, 0.25) is 0 Å². The quantitative estimate of drug-likeness (QED) is 0.677. The van der Waals surface area contributed by atoms with Crippen molar-refractivity contribution >= 4 is 12.1 Å². The maximum Gasteiger partial charge on any atom is 0.414 e. The van der Waals surface area contributed by atoms with Crippen molar-refractivity contribution in [3.8, 4) is 0 Å². The molecule has 1 amide bonds. The van der Waals surface area contributed by atoms with Crippen LogP contribution in [-0.4, -0.2) is 35.2 Å². The Morgan fingerprint density at radius 2 is 1.85 bits per heavy atom. The van der Waals surface area contributed by atoms with Crippen molar-refractivity contribution in [2.24, 2.45) is 23.7 Å². The van der Waals surface area contributed by atoms with E-state index in [1.54, 1.807) is 12.3 Å². The highest BCUT2D eigenvalue weighted by Crippen LogP contribution is 2.36. The zero-order valence-electron chi connectivity index (χ0n) is 17.2. The number of ether oxygens (including phenoxy) is 2. The van der Waals surface area contributed by atoms with Crippen LogP contribution in [0.15, 0.2) is 12.3 Å². The second-order valence-corrected chi connectivity index (χ2v) is 9.21. The first-order valence-electron chi connectivity index (χ1n) is 9.95. The van der Waals surface area contributed by atoms with E-state index in [1.165, 1.54) is 11.3 Å². The third-order valence-electron chi connectivity index (χ3n) is 5.34. The Labute approximate surface area is 158 Å². The molecular weight excluding hydrogens is 330 g/mol. The molecule has 4 atom stereocenters. The fraction of sp³-hybridized carbons (Fsp3) is 0.810. The summed E-state index contributed by atoms with van der Waals surface area (Å²) < 4.78 is 11.3. The van der Waals surface area contributed by atoms with Crippen molar-refractivity contribution in [2.45, 2.75) is 78.9 Å². The summed E-state index contributed by atoms with van der Waals surface area (Å²) in [6.07, 6.45) is 6.94. The minimum atomic E-state index is -0.524. The lowest BCUT2D eigenvalue weighted by Crippen LogP contribution is -2.40. The van der Waals surface area contributed by atoms with Gasteiger partial charge in [0.1, 0.15) is 11.7 Å².